The molecule has 1 aliphatic heterocycles. The molecule has 1 saturated heterocycles. The molecule has 2 unspecified atom stereocenters. The van der Waals surface area contributed by atoms with Crippen molar-refractivity contribution in [2.45, 2.75) is 223 Å². The molecule has 1 rings (SSSR count). The summed E-state index contributed by atoms with van der Waals surface area (Å²) in [6.45, 7) is 33.5. The van der Waals surface area contributed by atoms with Crippen molar-refractivity contribution >= 4 is 65.0 Å². The van der Waals surface area contributed by atoms with E-state index in [4.69, 9.17) is 0 Å². The van der Waals surface area contributed by atoms with Gasteiger partial charge in [-0.15, -0.1) is 0 Å². The van der Waals surface area contributed by atoms with E-state index < -0.39 is 155 Å². The Balaban J connectivity index is 4.38. The number of hydrogen-bond acceptors (Lipinski definition) is 12. The van der Waals surface area contributed by atoms with Crippen LogP contribution in [-0.4, -0.2) is 220 Å². The van der Waals surface area contributed by atoms with Crippen molar-refractivity contribution in [1.82, 2.24) is 55.6 Å². The van der Waals surface area contributed by atoms with E-state index in [0.717, 1.165) is 14.7 Å². The van der Waals surface area contributed by atoms with Crippen LogP contribution in [0.2, 0.25) is 0 Å². The van der Waals surface area contributed by atoms with Crippen LogP contribution < -0.4 is 21.3 Å². The molecule has 0 bridgehead atoms. The number of hydrogen-bond donors (Lipinski definition) is 5. The number of carbonyl (C=O) groups is 11. The minimum atomic E-state index is -1.64. The van der Waals surface area contributed by atoms with Gasteiger partial charge in [-0.05, 0) is 94.3 Å². The Bertz CT molecular complexity index is 2410. The van der Waals surface area contributed by atoms with Gasteiger partial charge in [-0.25, -0.2) is 0 Å². The van der Waals surface area contributed by atoms with E-state index in [-0.39, 0.29) is 49.1 Å². The van der Waals surface area contributed by atoms with Crippen molar-refractivity contribution < 1.29 is 57.8 Å². The average molecular weight is 1210 g/mol. The third kappa shape index (κ3) is 20.4. The molecule has 5 N–H and O–H groups in total. The lowest BCUT2D eigenvalue weighted by Crippen LogP contribution is -2.63. The third-order valence-electron chi connectivity index (χ3n) is 16.6. The first-order chi connectivity index (χ1) is 39.7. The molecule has 0 radical (unpaired) electrons. The lowest BCUT2D eigenvalue weighted by Gasteiger charge is -2.41. The van der Waals surface area contributed by atoms with Crippen molar-refractivity contribution in [2.75, 3.05) is 49.3 Å². The minimum Gasteiger partial charge on any atom is -0.390 e. The monoisotopic (exact) mass is 1210 g/mol. The van der Waals surface area contributed by atoms with Gasteiger partial charge in [0.05, 0.1) is 6.10 Å². The van der Waals surface area contributed by atoms with Crippen LogP contribution in [0.25, 0.3) is 0 Å². The number of carbonyl (C=O) groups excluding carboxylic acids is 11. The molecular formula is C63H111N11O12. The summed E-state index contributed by atoms with van der Waals surface area (Å²) < 4.78 is 0. The number of allylic oxidation sites excluding steroid dienone is 2. The van der Waals surface area contributed by atoms with Gasteiger partial charge < -0.3 is 60.7 Å². The highest BCUT2D eigenvalue weighted by Gasteiger charge is 2.46. The molecule has 1 aliphatic rings. The van der Waals surface area contributed by atoms with Crippen molar-refractivity contribution in [2.24, 2.45) is 41.4 Å². The zero-order chi connectivity index (χ0) is 66.8. The molecule has 0 aliphatic carbocycles. The first kappa shape index (κ1) is 77.6. The molecule has 23 heteroatoms. The quantitative estimate of drug-likeness (QED) is 0.116. The number of nitrogens with one attached hydrogen (secondary N) is 4. The number of aliphatic hydroxyl groups is 1. The third-order valence-corrected chi connectivity index (χ3v) is 16.6. The molecule has 23 nitrogen and oxygen atoms in total. The van der Waals surface area contributed by atoms with E-state index in [2.05, 4.69) is 27.8 Å². The second kappa shape index (κ2) is 34.8. The molecular weight excluding hydrogens is 1100 g/mol. The highest BCUT2D eigenvalue weighted by molar-refractivity contribution is 6.02. The maximum atomic E-state index is 15.2. The maximum absolute atomic E-state index is 15.2. The number of rotatable bonds is 15. The Morgan fingerprint density at radius 3 is 1.38 bits per heavy atom. The van der Waals surface area contributed by atoms with Crippen molar-refractivity contribution in [3.05, 3.63) is 24.4 Å². The number of aliphatic hydroxyl groups excluding tert-OH is 1. The smallest absolute Gasteiger partial charge is 0.270 e. The van der Waals surface area contributed by atoms with Crippen LogP contribution in [0.15, 0.2) is 24.4 Å². The van der Waals surface area contributed by atoms with Crippen molar-refractivity contribution in [1.29, 1.82) is 0 Å². The van der Waals surface area contributed by atoms with Crippen LogP contribution in [0.3, 0.4) is 0 Å². The zero-order valence-corrected chi connectivity index (χ0v) is 56.6. The summed E-state index contributed by atoms with van der Waals surface area (Å²) in [6, 6.07) is -12.6. The first-order valence-electron chi connectivity index (χ1n) is 30.8. The van der Waals surface area contributed by atoms with Gasteiger partial charge in [0.15, 0.2) is 0 Å². The topological polar surface area (TPSA) is 279 Å². The van der Waals surface area contributed by atoms with Gasteiger partial charge in [-0.2, -0.15) is 0 Å². The predicted octanol–water partition coefficient (Wildman–Crippen LogP) is 3.78. The Morgan fingerprint density at radius 1 is 0.488 bits per heavy atom. The lowest BCUT2D eigenvalue weighted by molar-refractivity contribution is -0.157. The largest absolute Gasteiger partial charge is 0.390 e. The van der Waals surface area contributed by atoms with Gasteiger partial charge in [-0.1, -0.05) is 122 Å². The van der Waals surface area contributed by atoms with Crippen LogP contribution >= 0.6 is 0 Å². The summed E-state index contributed by atoms with van der Waals surface area (Å²) in [7, 11) is 9.75. The highest BCUT2D eigenvalue weighted by Crippen LogP contribution is 2.26. The van der Waals surface area contributed by atoms with E-state index in [1.165, 1.54) is 82.8 Å². The van der Waals surface area contributed by atoms with E-state index in [0.29, 0.717) is 12.8 Å². The molecule has 0 aromatic rings. The second-order valence-corrected chi connectivity index (χ2v) is 25.8. The Hall–Kier alpha value is -6.39. The summed E-state index contributed by atoms with van der Waals surface area (Å²) in [4.78, 5) is 169. The fraction of sp³-hybridized carbons (Fsp3) is 0.762. The summed E-state index contributed by atoms with van der Waals surface area (Å²) in [5, 5.41) is 23.1. The summed E-state index contributed by atoms with van der Waals surface area (Å²) in [5.41, 5.74) is -0.363. The van der Waals surface area contributed by atoms with Crippen LogP contribution in [0, 0.1) is 41.4 Å². The number of amides is 11. The fourth-order valence-corrected chi connectivity index (χ4v) is 10.8. The molecule has 0 spiro atoms. The van der Waals surface area contributed by atoms with Crippen LogP contribution in [0.4, 0.5) is 0 Å². The molecule has 0 aromatic heterocycles. The normalized spacial score (nSPS) is 27.1. The summed E-state index contributed by atoms with van der Waals surface area (Å²) in [6.07, 6.45) is 3.15. The van der Waals surface area contributed by atoms with Crippen LogP contribution in [0.5, 0.6) is 0 Å². The standard InChI is InChI=1S/C63H111N11O12/c1-26-29-30-40(15)52(75)51-56(79)66-44(28-3)59(82)68(19)43(18)58(81)73(24)50(39(14)27-2)55(78)67-48(37(10)11)62(85)69(20)45(31-34(4)5)54(77)64-41(16)53(76)65-42(17)57(80)70(21)46(32-35(6)7)60(83)71(22)47(33-36(8)9)61(84)72(23)49(38(12)13)63(86)74(51)25/h26,29,34-42,44-52,75H,18,27-28,30-33H2,1-17,19-25H3,(H,64,77)(H,65,76)(H,66,79)(H,67,78)/b29-26+/t39?,40-,41-,42+,44+,45-,46+,47+,48-,49+,50+,51?,52-/m1/s1. The maximum Gasteiger partial charge on any atom is 0.270 e. The first-order valence-corrected chi connectivity index (χ1v) is 30.8. The van der Waals surface area contributed by atoms with Gasteiger partial charge in [-0.3, -0.25) is 52.7 Å². The van der Waals surface area contributed by atoms with Crippen molar-refractivity contribution in [3.8, 4) is 0 Å². The predicted molar refractivity (Wildman–Crippen MR) is 333 cm³/mol. The Kier molecular flexibility index (Phi) is 31.4. The van der Waals surface area contributed by atoms with Crippen molar-refractivity contribution in [3.63, 3.8) is 0 Å². The van der Waals surface area contributed by atoms with Crippen LogP contribution in [0.1, 0.15) is 156 Å². The lowest BCUT2D eigenvalue weighted by atomic mass is 9.91. The molecule has 13 atom stereocenters. The number of likely N-dealkylation sites (N-methyl/N-ethyl adjacent to an activating group) is 7. The molecule has 0 aromatic carbocycles. The Morgan fingerprint density at radius 2 is 0.930 bits per heavy atom. The van der Waals surface area contributed by atoms with E-state index in [1.54, 1.807) is 67.5 Å². The van der Waals surface area contributed by atoms with Gasteiger partial charge in [0.25, 0.3) is 5.91 Å². The van der Waals surface area contributed by atoms with Gasteiger partial charge in [0.1, 0.15) is 66.1 Å². The second-order valence-electron chi connectivity index (χ2n) is 25.8. The van der Waals surface area contributed by atoms with Gasteiger partial charge >= 0.3 is 0 Å². The molecule has 0 saturated carbocycles. The molecule has 1 heterocycles. The van der Waals surface area contributed by atoms with Gasteiger partial charge in [0, 0.05) is 49.3 Å². The van der Waals surface area contributed by atoms with E-state index in [9.17, 15) is 48.3 Å². The summed E-state index contributed by atoms with van der Waals surface area (Å²) in [5.74, 6) is -10.6. The zero-order valence-electron chi connectivity index (χ0n) is 56.6. The van der Waals surface area contributed by atoms with Gasteiger partial charge in [0.2, 0.25) is 59.1 Å². The molecule has 11 amide bonds. The Labute approximate surface area is 514 Å². The summed E-state index contributed by atoms with van der Waals surface area (Å²) >= 11 is 0. The minimum absolute atomic E-state index is 0.0259. The van der Waals surface area contributed by atoms with Crippen LogP contribution in [-0.2, 0) is 52.7 Å². The highest BCUT2D eigenvalue weighted by atomic mass is 16.3. The van der Waals surface area contributed by atoms with E-state index in [1.807, 2.05) is 48.5 Å². The van der Waals surface area contributed by atoms with E-state index >= 15 is 9.59 Å². The molecule has 490 valence electrons. The fourth-order valence-electron chi connectivity index (χ4n) is 10.8. The molecule has 1 fully saturated rings. The average Bonchev–Trinajstić information content (AvgIpc) is 1.80. The SMILES string of the molecule is C=C1C(=O)N(C)[C@@H](C(C)CC)C(=O)N[C@H](C(C)C)C(=O)N(C)[C@H](CC(C)C)C(=O)N[C@H](C)C(=O)N[C@@H](C)C(=O)N(C)[C@@H](CC(C)C)C(=O)N(C)[C@@H](CC(C)C)C(=O)N(C)[C@@H](C(C)C)C(=O)N(C)C([C@H](O)[C@H](C)C/C=C/C)C(=O)N[C@@H](CC)C(=O)N1C. The molecule has 86 heavy (non-hydrogen) atoms. The number of nitrogens with zero attached hydrogens (tertiary/aromatic N) is 7.